The normalized spacial score (nSPS) is 26.4. The lowest BCUT2D eigenvalue weighted by atomic mass is 9.91. The third-order valence-electron chi connectivity index (χ3n) is 3.88. The quantitative estimate of drug-likeness (QED) is 0.897. The van der Waals surface area contributed by atoms with Gasteiger partial charge in [-0.05, 0) is 30.2 Å². The average molecular weight is 332 g/mol. The van der Waals surface area contributed by atoms with Crippen LogP contribution >= 0.6 is 15.9 Å². The summed E-state index contributed by atoms with van der Waals surface area (Å²) in [5, 5.41) is 3.64. The van der Waals surface area contributed by atoms with Crippen LogP contribution in [-0.4, -0.2) is 13.2 Å². The highest BCUT2D eigenvalue weighted by Crippen LogP contribution is 2.30. The van der Waals surface area contributed by atoms with Crippen molar-refractivity contribution in [3.8, 4) is 0 Å². The minimum absolute atomic E-state index is 0.107. The van der Waals surface area contributed by atoms with Gasteiger partial charge >= 0.3 is 0 Å². The lowest BCUT2D eigenvalue weighted by molar-refractivity contribution is -0.0308. The van der Waals surface area contributed by atoms with Crippen LogP contribution in [0.4, 0.5) is 0 Å². The summed E-state index contributed by atoms with van der Waals surface area (Å²) in [5.41, 5.74) is 2.37. The monoisotopic (exact) mass is 331 g/mol. The Morgan fingerprint density at radius 2 is 1.95 bits per heavy atom. The van der Waals surface area contributed by atoms with Crippen LogP contribution in [0.2, 0.25) is 0 Å². The van der Waals surface area contributed by atoms with Gasteiger partial charge in [0, 0.05) is 11.0 Å². The maximum atomic E-state index is 6.11. The van der Waals surface area contributed by atoms with Gasteiger partial charge in [0.25, 0.3) is 0 Å². The molecule has 2 aromatic rings. The van der Waals surface area contributed by atoms with Gasteiger partial charge in [-0.2, -0.15) is 0 Å². The van der Waals surface area contributed by atoms with Crippen molar-refractivity contribution in [1.82, 2.24) is 5.32 Å². The Balaban J connectivity index is 1.74. The second-order valence-corrected chi connectivity index (χ2v) is 6.35. The first kappa shape index (κ1) is 13.8. The van der Waals surface area contributed by atoms with Crippen LogP contribution in [0.3, 0.4) is 0 Å². The van der Waals surface area contributed by atoms with E-state index in [9.17, 15) is 0 Å². The Morgan fingerprint density at radius 3 is 2.60 bits per heavy atom. The van der Waals surface area contributed by atoms with Crippen molar-refractivity contribution >= 4 is 15.9 Å². The van der Waals surface area contributed by atoms with Crippen molar-refractivity contribution in [2.24, 2.45) is 0 Å². The molecule has 1 heterocycles. The number of morpholine rings is 1. The summed E-state index contributed by atoms with van der Waals surface area (Å²) in [6.45, 7) is 3.69. The molecule has 3 heteroatoms. The molecule has 0 amide bonds. The summed E-state index contributed by atoms with van der Waals surface area (Å²) in [7, 11) is 0. The summed E-state index contributed by atoms with van der Waals surface area (Å²) in [6.07, 6.45) is 0.115. The predicted molar refractivity (Wildman–Crippen MR) is 84.6 cm³/mol. The fraction of sp³-hybridized carbons (Fsp3) is 0.294. The molecular formula is C17H18BrNO. The molecule has 0 radical (unpaired) electrons. The molecule has 20 heavy (non-hydrogen) atoms. The number of halogens is 1. The second-order valence-electron chi connectivity index (χ2n) is 5.43. The van der Waals surface area contributed by atoms with Gasteiger partial charge in [0.2, 0.25) is 0 Å². The van der Waals surface area contributed by atoms with Gasteiger partial charge in [-0.3, -0.25) is 0 Å². The van der Waals surface area contributed by atoms with Crippen molar-refractivity contribution in [3.63, 3.8) is 0 Å². The summed E-state index contributed by atoms with van der Waals surface area (Å²) in [5.74, 6) is 0. The lowest BCUT2D eigenvalue weighted by Crippen LogP contribution is -2.50. The average Bonchev–Trinajstić information content (AvgIpc) is 2.49. The number of ether oxygens (including phenoxy) is 1. The Kier molecular flexibility index (Phi) is 3.92. The maximum absolute atomic E-state index is 6.11. The van der Waals surface area contributed by atoms with E-state index in [1.807, 2.05) is 18.2 Å². The molecule has 2 aromatic carbocycles. The van der Waals surface area contributed by atoms with Crippen LogP contribution in [0, 0.1) is 0 Å². The van der Waals surface area contributed by atoms with Crippen LogP contribution < -0.4 is 5.32 Å². The van der Waals surface area contributed by atoms with Gasteiger partial charge in [-0.25, -0.2) is 0 Å². The molecule has 1 aliphatic rings. The third-order valence-corrected chi connectivity index (χ3v) is 4.38. The van der Waals surface area contributed by atoms with Crippen LogP contribution in [0.25, 0.3) is 0 Å². The van der Waals surface area contributed by atoms with Gasteiger partial charge in [0.15, 0.2) is 0 Å². The number of hydrogen-bond acceptors (Lipinski definition) is 2. The summed E-state index contributed by atoms with van der Waals surface area (Å²) >= 11 is 3.51. The van der Waals surface area contributed by atoms with Gasteiger partial charge in [-0.1, -0.05) is 58.4 Å². The minimum atomic E-state index is -0.107. The Labute approximate surface area is 128 Å². The Bertz CT molecular complexity index is 577. The number of benzene rings is 2. The van der Waals surface area contributed by atoms with Crippen LogP contribution in [0.1, 0.15) is 24.2 Å². The summed E-state index contributed by atoms with van der Waals surface area (Å²) in [4.78, 5) is 0. The molecule has 1 N–H and O–H groups in total. The predicted octanol–water partition coefficient (Wildman–Crippen LogP) is 4.03. The van der Waals surface area contributed by atoms with E-state index < -0.39 is 0 Å². The van der Waals surface area contributed by atoms with E-state index in [2.05, 4.69) is 64.6 Å². The topological polar surface area (TPSA) is 21.3 Å². The third kappa shape index (κ3) is 2.80. The molecule has 2 nitrogen and oxygen atoms in total. The zero-order chi connectivity index (χ0) is 14.0. The highest BCUT2D eigenvalue weighted by Gasteiger charge is 2.33. The second kappa shape index (κ2) is 5.68. The summed E-state index contributed by atoms with van der Waals surface area (Å²) < 4.78 is 7.20. The van der Waals surface area contributed by atoms with Gasteiger partial charge in [0.1, 0.15) is 0 Å². The SMILES string of the molecule is CC1(c2ccccc2)COC(c2cccc(Br)c2)CN1. The Hall–Kier alpha value is -1.16. The summed E-state index contributed by atoms with van der Waals surface area (Å²) in [6, 6.07) is 18.8. The van der Waals surface area contributed by atoms with Crippen molar-refractivity contribution in [2.75, 3.05) is 13.2 Å². The molecule has 104 valence electrons. The van der Waals surface area contributed by atoms with Gasteiger partial charge in [0.05, 0.1) is 18.2 Å². The van der Waals surface area contributed by atoms with Gasteiger partial charge in [-0.15, -0.1) is 0 Å². The van der Waals surface area contributed by atoms with Crippen LogP contribution in [0.5, 0.6) is 0 Å². The molecule has 2 atom stereocenters. The molecule has 3 rings (SSSR count). The van der Waals surface area contributed by atoms with E-state index in [1.54, 1.807) is 0 Å². The molecule has 0 spiro atoms. The molecule has 0 aromatic heterocycles. The zero-order valence-electron chi connectivity index (χ0n) is 11.5. The molecule has 2 unspecified atom stereocenters. The number of hydrogen-bond donors (Lipinski definition) is 1. The standard InChI is InChI=1S/C17H18BrNO/c1-17(14-7-3-2-4-8-14)12-20-16(11-19-17)13-6-5-9-15(18)10-13/h2-10,16,19H,11-12H2,1H3. The molecule has 0 aliphatic carbocycles. The molecule has 0 bridgehead atoms. The highest BCUT2D eigenvalue weighted by molar-refractivity contribution is 9.10. The molecule has 1 saturated heterocycles. The molecule has 1 aliphatic heterocycles. The van der Waals surface area contributed by atoms with E-state index in [4.69, 9.17) is 4.74 Å². The van der Waals surface area contributed by atoms with Crippen LogP contribution in [-0.2, 0) is 10.3 Å². The minimum Gasteiger partial charge on any atom is -0.370 e. The molecular weight excluding hydrogens is 314 g/mol. The molecule has 1 fully saturated rings. The van der Waals surface area contributed by atoms with Crippen molar-refractivity contribution in [2.45, 2.75) is 18.6 Å². The number of rotatable bonds is 2. The Morgan fingerprint density at radius 1 is 1.15 bits per heavy atom. The van der Waals surface area contributed by atoms with Crippen LogP contribution in [0.15, 0.2) is 59.1 Å². The van der Waals surface area contributed by atoms with E-state index in [0.29, 0.717) is 6.61 Å². The van der Waals surface area contributed by atoms with Crippen molar-refractivity contribution < 1.29 is 4.74 Å². The highest BCUT2D eigenvalue weighted by atomic mass is 79.9. The largest absolute Gasteiger partial charge is 0.370 e. The smallest absolute Gasteiger partial charge is 0.0951 e. The zero-order valence-corrected chi connectivity index (χ0v) is 13.1. The van der Waals surface area contributed by atoms with E-state index in [1.165, 1.54) is 11.1 Å². The van der Waals surface area contributed by atoms with Crippen molar-refractivity contribution in [3.05, 3.63) is 70.2 Å². The van der Waals surface area contributed by atoms with E-state index in [0.717, 1.165) is 11.0 Å². The maximum Gasteiger partial charge on any atom is 0.0951 e. The number of nitrogens with one attached hydrogen (secondary N) is 1. The first-order valence-corrected chi connectivity index (χ1v) is 7.64. The van der Waals surface area contributed by atoms with E-state index >= 15 is 0 Å². The fourth-order valence-electron chi connectivity index (χ4n) is 2.61. The lowest BCUT2D eigenvalue weighted by Gasteiger charge is -2.39. The van der Waals surface area contributed by atoms with E-state index in [-0.39, 0.29) is 11.6 Å². The first-order valence-electron chi connectivity index (χ1n) is 6.85. The van der Waals surface area contributed by atoms with Gasteiger partial charge < -0.3 is 10.1 Å². The molecule has 0 saturated carbocycles. The fourth-order valence-corrected chi connectivity index (χ4v) is 3.02. The van der Waals surface area contributed by atoms with Crippen molar-refractivity contribution in [1.29, 1.82) is 0 Å². The first-order chi connectivity index (χ1) is 9.67.